The molecule has 0 saturated carbocycles. The summed E-state index contributed by atoms with van der Waals surface area (Å²) in [7, 11) is 0. The van der Waals surface area contributed by atoms with Crippen molar-refractivity contribution in [2.24, 2.45) is 0 Å². The molecule has 1 N–H and O–H groups in total. The van der Waals surface area contributed by atoms with Crippen molar-refractivity contribution < 1.29 is 88.5 Å². The number of aliphatic hydroxyl groups is 1. The molecule has 20 heteroatoms. The van der Waals surface area contributed by atoms with Crippen LogP contribution in [0.4, 0.5) is 83.4 Å². The van der Waals surface area contributed by atoms with Gasteiger partial charge in [0.2, 0.25) is 6.17 Å². The summed E-state index contributed by atoms with van der Waals surface area (Å²) in [6, 6.07) is 0. The number of rotatable bonds is 9. The van der Waals surface area contributed by atoms with Gasteiger partial charge in [-0.05, 0) is 0 Å². The second kappa shape index (κ2) is 7.07. The van der Waals surface area contributed by atoms with E-state index in [0.717, 1.165) is 0 Å². The molecule has 0 saturated heterocycles. The highest BCUT2D eigenvalue weighted by Gasteiger charge is 2.95. The molecule has 0 heterocycles. The summed E-state index contributed by atoms with van der Waals surface area (Å²) >= 11 is 0. The van der Waals surface area contributed by atoms with Crippen LogP contribution in [0, 0.1) is 0 Å². The SMILES string of the molecule is OC(F)(F)C(F)(F)C(F)(F)C(F)(F)C(F)(F)C(F)(F)C(F)(F)C(F)(F)C(F)C(F)F. The quantitative estimate of drug-likeness (QED) is 0.408. The molecule has 0 aliphatic rings. The van der Waals surface area contributed by atoms with Gasteiger partial charge in [0.15, 0.2) is 0 Å². The Morgan fingerprint density at radius 2 is 0.633 bits per heavy atom. The van der Waals surface area contributed by atoms with Gasteiger partial charge in [0.1, 0.15) is 0 Å². The van der Waals surface area contributed by atoms with Crippen LogP contribution in [-0.2, 0) is 0 Å². The molecule has 0 radical (unpaired) electrons. The minimum absolute atomic E-state index is 5.38. The van der Waals surface area contributed by atoms with Crippen LogP contribution >= 0.6 is 0 Å². The molecule has 0 amide bonds. The van der Waals surface area contributed by atoms with Crippen molar-refractivity contribution >= 4 is 0 Å². The van der Waals surface area contributed by atoms with E-state index in [9.17, 15) is 83.4 Å². The van der Waals surface area contributed by atoms with Crippen molar-refractivity contribution in [1.82, 2.24) is 0 Å². The van der Waals surface area contributed by atoms with E-state index in [1.165, 1.54) is 0 Å². The molecule has 0 aromatic carbocycles. The van der Waals surface area contributed by atoms with Crippen LogP contribution in [0.3, 0.4) is 0 Å². The molecule has 1 nitrogen and oxygen atoms in total. The van der Waals surface area contributed by atoms with Crippen LogP contribution < -0.4 is 0 Å². The molecule has 1 unspecified atom stereocenters. The molecule has 0 bridgehead atoms. The first-order chi connectivity index (χ1) is 12.6. The predicted molar refractivity (Wildman–Crippen MR) is 52.7 cm³/mol. The molecule has 30 heavy (non-hydrogen) atoms. The van der Waals surface area contributed by atoms with Crippen LogP contribution in [0.1, 0.15) is 0 Å². The van der Waals surface area contributed by atoms with E-state index in [-0.39, 0.29) is 0 Å². The lowest BCUT2D eigenvalue weighted by Gasteiger charge is -2.43. The van der Waals surface area contributed by atoms with Gasteiger partial charge in [0, 0.05) is 0 Å². The van der Waals surface area contributed by atoms with Crippen molar-refractivity contribution in [1.29, 1.82) is 0 Å². The van der Waals surface area contributed by atoms with Crippen LogP contribution in [0.2, 0.25) is 0 Å². The fourth-order valence-corrected chi connectivity index (χ4v) is 1.52. The van der Waals surface area contributed by atoms with E-state index >= 15 is 0 Å². The molecule has 0 fully saturated rings. The van der Waals surface area contributed by atoms with Gasteiger partial charge in [0.25, 0.3) is 6.43 Å². The monoisotopic (exact) mass is 500 g/mol. The zero-order valence-electron chi connectivity index (χ0n) is 12.8. The first kappa shape index (κ1) is 28.6. The van der Waals surface area contributed by atoms with E-state index in [0.29, 0.717) is 0 Å². The summed E-state index contributed by atoms with van der Waals surface area (Å²) in [6.45, 7) is 0. The van der Waals surface area contributed by atoms with Crippen molar-refractivity contribution in [3.05, 3.63) is 0 Å². The normalized spacial score (nSPS) is 17.5. The fraction of sp³-hybridized carbons (Fsp3) is 1.00. The Labute approximate surface area is 150 Å². The van der Waals surface area contributed by atoms with Crippen molar-refractivity contribution in [2.45, 2.75) is 60.2 Å². The molecule has 1 atom stereocenters. The number of alkyl halides is 19. The van der Waals surface area contributed by atoms with Gasteiger partial charge in [-0.1, -0.05) is 0 Å². The lowest BCUT2D eigenvalue weighted by molar-refractivity contribution is -0.470. The molecule has 0 aliphatic heterocycles. The van der Waals surface area contributed by atoms with Crippen molar-refractivity contribution in [3.63, 3.8) is 0 Å². The summed E-state index contributed by atoms with van der Waals surface area (Å²) in [5.41, 5.74) is 0. The zero-order chi connectivity index (χ0) is 25.2. The van der Waals surface area contributed by atoms with Crippen LogP contribution in [0.15, 0.2) is 0 Å². The first-order valence-corrected chi connectivity index (χ1v) is 6.27. The first-order valence-electron chi connectivity index (χ1n) is 6.27. The van der Waals surface area contributed by atoms with Crippen molar-refractivity contribution in [3.8, 4) is 0 Å². The van der Waals surface area contributed by atoms with Gasteiger partial charge < -0.3 is 5.11 Å². The van der Waals surface area contributed by atoms with E-state index < -0.39 is 60.2 Å². The maximum atomic E-state index is 13.1. The Morgan fingerprint density at radius 1 is 0.400 bits per heavy atom. The molecule has 0 spiro atoms. The Morgan fingerprint density at radius 3 is 0.867 bits per heavy atom. The summed E-state index contributed by atoms with van der Waals surface area (Å²) in [6.07, 6.45) is -18.6. The molecule has 0 aliphatic carbocycles. The lowest BCUT2D eigenvalue weighted by Crippen LogP contribution is -2.75. The lowest BCUT2D eigenvalue weighted by atomic mass is 9.88. The van der Waals surface area contributed by atoms with Crippen LogP contribution in [0.5, 0.6) is 0 Å². The van der Waals surface area contributed by atoms with Gasteiger partial charge in [-0.2, -0.15) is 70.2 Å². The third kappa shape index (κ3) is 3.41. The summed E-state index contributed by atoms with van der Waals surface area (Å²) in [5, 5.41) is 7.41. The molecule has 0 rings (SSSR count). The third-order valence-corrected chi connectivity index (χ3v) is 3.34. The van der Waals surface area contributed by atoms with Gasteiger partial charge in [-0.25, -0.2) is 13.2 Å². The Hall–Kier alpha value is -1.37. The molecule has 0 aromatic heterocycles. The Balaban J connectivity index is 6.77. The topological polar surface area (TPSA) is 20.2 Å². The smallest absolute Gasteiger partial charge is 0.331 e. The maximum absolute atomic E-state index is 13.1. The zero-order valence-corrected chi connectivity index (χ0v) is 12.8. The molecule has 0 aromatic rings. The summed E-state index contributed by atoms with van der Waals surface area (Å²) in [4.78, 5) is 0. The standard InChI is InChI=1S/C10H3F19O/c11-1(2(12)13)3(14,15)4(16,17)5(18,19)6(20,21)7(22,23)8(24,25)9(26,27)10(28,29)30/h1-2,30H. The maximum Gasteiger partial charge on any atom is 0.423 e. The predicted octanol–water partition coefficient (Wildman–Crippen LogP) is 5.62. The summed E-state index contributed by atoms with van der Waals surface area (Å²) in [5.74, 6) is -59.3. The average molecular weight is 500 g/mol. The molecular weight excluding hydrogens is 497 g/mol. The van der Waals surface area contributed by atoms with Crippen LogP contribution in [0.25, 0.3) is 0 Å². The van der Waals surface area contributed by atoms with Gasteiger partial charge in [-0.3, -0.25) is 0 Å². The minimum atomic E-state index is -8.87. The Kier molecular flexibility index (Phi) is 6.75. The Bertz CT molecular complexity index is 615. The number of hydrogen-bond acceptors (Lipinski definition) is 1. The average Bonchev–Trinajstić information content (AvgIpc) is 2.51. The number of hydrogen-bond donors (Lipinski definition) is 1. The second-order valence-electron chi connectivity index (χ2n) is 5.35. The van der Waals surface area contributed by atoms with E-state index in [4.69, 9.17) is 5.11 Å². The van der Waals surface area contributed by atoms with Crippen molar-refractivity contribution in [2.75, 3.05) is 0 Å². The highest BCUT2D eigenvalue weighted by Crippen LogP contribution is 2.64. The number of halogens is 19. The molecular formula is C10H3F19O. The highest BCUT2D eigenvalue weighted by atomic mass is 19.4. The van der Waals surface area contributed by atoms with E-state index in [2.05, 4.69) is 0 Å². The van der Waals surface area contributed by atoms with Gasteiger partial charge in [0.05, 0.1) is 0 Å². The fourth-order valence-electron chi connectivity index (χ4n) is 1.52. The molecule has 182 valence electrons. The van der Waals surface area contributed by atoms with Gasteiger partial charge in [-0.15, -0.1) is 0 Å². The van der Waals surface area contributed by atoms with Gasteiger partial charge >= 0.3 is 47.6 Å². The largest absolute Gasteiger partial charge is 0.423 e. The third-order valence-electron chi connectivity index (χ3n) is 3.34. The van der Waals surface area contributed by atoms with E-state index in [1.54, 1.807) is 0 Å². The highest BCUT2D eigenvalue weighted by molar-refractivity contribution is 5.15. The minimum Gasteiger partial charge on any atom is -0.331 e. The van der Waals surface area contributed by atoms with E-state index in [1.807, 2.05) is 0 Å². The second-order valence-corrected chi connectivity index (χ2v) is 5.35. The summed E-state index contributed by atoms with van der Waals surface area (Å²) < 4.78 is 241. The van der Waals surface area contributed by atoms with Crippen LogP contribution in [-0.4, -0.2) is 65.3 Å².